The molecule has 0 bridgehead atoms. The first-order valence-electron chi connectivity index (χ1n) is 9.02. The molecule has 0 spiro atoms. The Morgan fingerprint density at radius 1 is 1.27 bits per heavy atom. The molecule has 156 valence electrons. The molecular weight excluding hydrogens is 476 g/mol. The van der Waals surface area contributed by atoms with Gasteiger partial charge in [-0.3, -0.25) is 10.1 Å². The lowest BCUT2D eigenvalue weighted by molar-refractivity contribution is -0.386. The number of rotatable bonds is 8. The Morgan fingerprint density at radius 3 is 2.73 bits per heavy atom. The van der Waals surface area contributed by atoms with Crippen LogP contribution in [-0.2, 0) is 6.61 Å². The first-order valence-corrected chi connectivity index (χ1v) is 10.2. The van der Waals surface area contributed by atoms with E-state index in [1.165, 1.54) is 13.0 Å². The number of hydrogen-bond acceptors (Lipinski definition) is 6. The zero-order valence-electron chi connectivity index (χ0n) is 16.2. The second-order valence-electron chi connectivity index (χ2n) is 6.21. The smallest absolute Gasteiger partial charge is 0.338 e. The summed E-state index contributed by atoms with van der Waals surface area (Å²) in [6.45, 7) is 4.11. The van der Waals surface area contributed by atoms with Gasteiger partial charge in [0.1, 0.15) is 6.61 Å². The van der Waals surface area contributed by atoms with Gasteiger partial charge in [-0.15, -0.1) is 0 Å². The number of ether oxygens (including phenoxy) is 2. The largest absolute Gasteiger partial charge is 0.490 e. The Hall–Kier alpha value is -2.84. The molecule has 3 rings (SSSR count). The van der Waals surface area contributed by atoms with E-state index in [0.717, 1.165) is 11.1 Å². The molecule has 0 unspecified atom stereocenters. The van der Waals surface area contributed by atoms with Gasteiger partial charge < -0.3 is 14.0 Å². The van der Waals surface area contributed by atoms with Gasteiger partial charge in [0.2, 0.25) is 5.76 Å². The fourth-order valence-electron chi connectivity index (χ4n) is 2.74. The van der Waals surface area contributed by atoms with Gasteiger partial charge >= 0.3 is 5.69 Å². The van der Waals surface area contributed by atoms with Crippen molar-refractivity contribution in [3.05, 3.63) is 78.6 Å². The summed E-state index contributed by atoms with van der Waals surface area (Å²) in [5, 5.41) is 15.5. The maximum Gasteiger partial charge on any atom is 0.338 e. The summed E-state index contributed by atoms with van der Waals surface area (Å²) in [6, 6.07) is 11.0. The molecular formula is C21H18BrClN2O5. The average Bonchev–Trinajstić information content (AvgIpc) is 3.08. The van der Waals surface area contributed by atoms with E-state index in [1.807, 2.05) is 31.2 Å². The molecule has 0 aliphatic rings. The van der Waals surface area contributed by atoms with Crippen molar-refractivity contribution >= 4 is 45.4 Å². The number of aromatic nitrogens is 1. The molecule has 0 N–H and O–H groups in total. The van der Waals surface area contributed by atoms with E-state index in [9.17, 15) is 10.1 Å². The lowest BCUT2D eigenvalue weighted by Crippen LogP contribution is -2.01. The predicted molar refractivity (Wildman–Crippen MR) is 118 cm³/mol. The van der Waals surface area contributed by atoms with Crippen molar-refractivity contribution in [1.29, 1.82) is 0 Å². The molecule has 2 aromatic carbocycles. The summed E-state index contributed by atoms with van der Waals surface area (Å²) in [4.78, 5) is 10.7. The summed E-state index contributed by atoms with van der Waals surface area (Å²) in [6.07, 6.45) is 3.18. The topological polar surface area (TPSA) is 87.6 Å². The molecule has 9 heteroatoms. The lowest BCUT2D eigenvalue weighted by Gasteiger charge is -2.15. The minimum Gasteiger partial charge on any atom is -0.490 e. The molecule has 0 radical (unpaired) electrons. The molecule has 1 heterocycles. The number of halogens is 2. The zero-order valence-corrected chi connectivity index (χ0v) is 18.6. The minimum absolute atomic E-state index is 0.0747. The second kappa shape index (κ2) is 9.77. The third-order valence-electron chi connectivity index (χ3n) is 4.13. The molecule has 0 saturated carbocycles. The summed E-state index contributed by atoms with van der Waals surface area (Å²) >= 11 is 9.71. The number of nitro groups is 1. The van der Waals surface area contributed by atoms with Crippen LogP contribution >= 0.6 is 27.5 Å². The summed E-state index contributed by atoms with van der Waals surface area (Å²) in [5.41, 5.74) is 1.65. The van der Waals surface area contributed by atoms with Gasteiger partial charge in [0.05, 0.1) is 16.0 Å². The van der Waals surface area contributed by atoms with Crippen LogP contribution in [0.25, 0.3) is 12.2 Å². The molecule has 0 saturated heterocycles. The average molecular weight is 494 g/mol. The minimum atomic E-state index is -0.515. The summed E-state index contributed by atoms with van der Waals surface area (Å²) in [7, 11) is 0. The molecule has 0 aliphatic heterocycles. The quantitative estimate of drug-likeness (QED) is 0.264. The molecule has 0 atom stereocenters. The fourth-order valence-corrected chi connectivity index (χ4v) is 3.50. The molecule has 1 aromatic heterocycles. The van der Waals surface area contributed by atoms with Gasteiger partial charge in [-0.05, 0) is 59.6 Å². The van der Waals surface area contributed by atoms with E-state index >= 15 is 0 Å². The Balaban J connectivity index is 1.87. The number of hydrogen-bond donors (Lipinski definition) is 0. The highest BCUT2D eigenvalue weighted by molar-refractivity contribution is 9.10. The first-order chi connectivity index (χ1) is 14.4. The van der Waals surface area contributed by atoms with Crippen molar-refractivity contribution in [1.82, 2.24) is 5.16 Å². The summed E-state index contributed by atoms with van der Waals surface area (Å²) < 4.78 is 17.4. The first kappa shape index (κ1) is 21.9. The van der Waals surface area contributed by atoms with Gasteiger partial charge in [-0.2, -0.15) is 0 Å². The van der Waals surface area contributed by atoms with Gasteiger partial charge in [-0.25, -0.2) is 0 Å². The monoisotopic (exact) mass is 492 g/mol. The Labute approximate surface area is 186 Å². The highest BCUT2D eigenvalue weighted by Gasteiger charge is 2.22. The van der Waals surface area contributed by atoms with Gasteiger partial charge in [-0.1, -0.05) is 41.0 Å². The molecule has 3 aromatic rings. The number of aryl methyl sites for hydroxylation is 1. The lowest BCUT2D eigenvalue weighted by atomic mass is 10.1. The summed E-state index contributed by atoms with van der Waals surface area (Å²) in [5.74, 6) is 1.14. The van der Waals surface area contributed by atoms with Crippen molar-refractivity contribution in [2.45, 2.75) is 20.5 Å². The molecule has 0 fully saturated rings. The predicted octanol–water partition coefficient (Wildman–Crippen LogP) is 6.46. The van der Waals surface area contributed by atoms with E-state index < -0.39 is 4.92 Å². The second-order valence-corrected chi connectivity index (χ2v) is 7.48. The van der Waals surface area contributed by atoms with Crippen molar-refractivity contribution in [2.24, 2.45) is 0 Å². The maximum atomic E-state index is 11.2. The van der Waals surface area contributed by atoms with Crippen LogP contribution in [0, 0.1) is 17.0 Å². The maximum absolute atomic E-state index is 11.2. The number of benzene rings is 2. The van der Waals surface area contributed by atoms with Crippen LogP contribution in [0.15, 0.2) is 45.4 Å². The van der Waals surface area contributed by atoms with Crippen molar-refractivity contribution < 1.29 is 18.9 Å². The Morgan fingerprint density at radius 2 is 2.03 bits per heavy atom. The fraction of sp³-hybridized carbons (Fsp3) is 0.190. The molecule has 0 aliphatic carbocycles. The molecule has 7 nitrogen and oxygen atoms in total. The van der Waals surface area contributed by atoms with Crippen LogP contribution < -0.4 is 9.47 Å². The third kappa shape index (κ3) is 5.01. The van der Waals surface area contributed by atoms with Crippen LogP contribution in [0.4, 0.5) is 5.69 Å². The third-order valence-corrected chi connectivity index (χ3v) is 5.09. The Kier molecular flexibility index (Phi) is 7.12. The van der Waals surface area contributed by atoms with Gasteiger partial charge in [0.25, 0.3) is 0 Å². The van der Waals surface area contributed by atoms with E-state index in [-0.39, 0.29) is 23.7 Å². The van der Waals surface area contributed by atoms with Crippen LogP contribution in [0.2, 0.25) is 5.02 Å². The SMILES string of the molecule is CCOc1cc(C=Cc2onc(C)c2[N+](=O)[O-])cc(Br)c1OCc1ccccc1Cl. The van der Waals surface area contributed by atoms with E-state index in [4.69, 9.17) is 25.6 Å². The van der Waals surface area contributed by atoms with Crippen LogP contribution in [0.3, 0.4) is 0 Å². The standard InChI is InChI=1S/C21H18BrClN2O5/c1-3-28-19-11-14(8-9-18-20(25(26)27)13(2)24-30-18)10-16(22)21(19)29-12-15-6-4-5-7-17(15)23/h4-11H,3,12H2,1-2H3. The Bertz CT molecular complexity index is 1100. The highest BCUT2D eigenvalue weighted by atomic mass is 79.9. The van der Waals surface area contributed by atoms with Crippen LogP contribution in [-0.4, -0.2) is 16.7 Å². The highest BCUT2D eigenvalue weighted by Crippen LogP contribution is 2.38. The van der Waals surface area contributed by atoms with Crippen molar-refractivity contribution in [3.63, 3.8) is 0 Å². The van der Waals surface area contributed by atoms with Gasteiger partial charge in [0, 0.05) is 10.6 Å². The van der Waals surface area contributed by atoms with Crippen LogP contribution in [0.1, 0.15) is 29.5 Å². The van der Waals surface area contributed by atoms with E-state index in [0.29, 0.717) is 27.6 Å². The van der Waals surface area contributed by atoms with Gasteiger partial charge in [0.15, 0.2) is 17.2 Å². The molecule has 30 heavy (non-hydrogen) atoms. The molecule has 0 amide bonds. The van der Waals surface area contributed by atoms with Crippen molar-refractivity contribution in [3.8, 4) is 11.5 Å². The van der Waals surface area contributed by atoms with E-state index in [1.54, 1.807) is 18.2 Å². The van der Waals surface area contributed by atoms with Crippen molar-refractivity contribution in [2.75, 3.05) is 6.61 Å². The van der Waals surface area contributed by atoms with E-state index in [2.05, 4.69) is 21.1 Å². The normalized spacial score (nSPS) is 11.1. The number of nitrogens with zero attached hydrogens (tertiary/aromatic N) is 2. The zero-order chi connectivity index (χ0) is 21.7. The van der Waals surface area contributed by atoms with Crippen LogP contribution in [0.5, 0.6) is 11.5 Å².